The fraction of sp³-hybridized carbons (Fsp3) is 0.174. The van der Waals surface area contributed by atoms with Gasteiger partial charge in [-0.2, -0.15) is 0 Å². The quantitative estimate of drug-likeness (QED) is 0.647. The number of nitrogens with zero attached hydrogens (tertiary/aromatic N) is 1. The molecule has 0 radical (unpaired) electrons. The van der Waals surface area contributed by atoms with Gasteiger partial charge in [-0.1, -0.05) is 66.7 Å². The van der Waals surface area contributed by atoms with Crippen LogP contribution in [0.15, 0.2) is 83.9 Å². The minimum Gasteiger partial charge on any atom is -0.364 e. The fourth-order valence-corrected chi connectivity index (χ4v) is 3.48. The van der Waals surface area contributed by atoms with E-state index in [4.69, 9.17) is 4.99 Å². The molecular formula is C23H20F2N2. The molecule has 3 aromatic carbocycles. The Morgan fingerprint density at radius 2 is 1.41 bits per heavy atom. The van der Waals surface area contributed by atoms with Crippen LogP contribution >= 0.6 is 0 Å². The maximum Gasteiger partial charge on any atom is 0.159 e. The number of hydrogen-bond donors (Lipinski definition) is 1. The molecular weight excluding hydrogens is 342 g/mol. The van der Waals surface area contributed by atoms with Gasteiger partial charge in [-0.05, 0) is 35.2 Å². The first kappa shape index (κ1) is 17.4. The van der Waals surface area contributed by atoms with Crippen LogP contribution in [-0.2, 0) is 6.42 Å². The lowest BCUT2D eigenvalue weighted by molar-refractivity contribution is 0.507. The van der Waals surface area contributed by atoms with Crippen LogP contribution in [0.1, 0.15) is 35.2 Å². The third-order valence-corrected chi connectivity index (χ3v) is 4.87. The molecule has 0 saturated heterocycles. The molecule has 0 saturated carbocycles. The van der Waals surface area contributed by atoms with Gasteiger partial charge in [0.25, 0.3) is 0 Å². The van der Waals surface area contributed by atoms with Crippen LogP contribution in [0.2, 0.25) is 0 Å². The van der Waals surface area contributed by atoms with Gasteiger partial charge in [0.1, 0.15) is 6.04 Å². The molecule has 0 amide bonds. The molecule has 136 valence electrons. The number of aliphatic imine (C=N–C) groups is 1. The van der Waals surface area contributed by atoms with E-state index in [0.717, 1.165) is 17.0 Å². The molecule has 4 heteroatoms. The van der Waals surface area contributed by atoms with E-state index in [-0.39, 0.29) is 12.1 Å². The summed E-state index contributed by atoms with van der Waals surface area (Å²) in [4.78, 5) is 4.91. The van der Waals surface area contributed by atoms with Crippen molar-refractivity contribution in [3.05, 3.63) is 107 Å². The van der Waals surface area contributed by atoms with Crippen molar-refractivity contribution in [3.63, 3.8) is 0 Å². The van der Waals surface area contributed by atoms with Gasteiger partial charge >= 0.3 is 0 Å². The number of amidine groups is 1. The number of benzene rings is 3. The Morgan fingerprint density at radius 1 is 0.741 bits per heavy atom. The van der Waals surface area contributed by atoms with Crippen LogP contribution in [0.25, 0.3) is 0 Å². The minimum absolute atomic E-state index is 0.00597. The van der Waals surface area contributed by atoms with Crippen molar-refractivity contribution < 1.29 is 8.78 Å². The monoisotopic (exact) mass is 362 g/mol. The van der Waals surface area contributed by atoms with Crippen LogP contribution in [0.3, 0.4) is 0 Å². The van der Waals surface area contributed by atoms with Gasteiger partial charge in [-0.15, -0.1) is 0 Å². The van der Waals surface area contributed by atoms with Crippen LogP contribution in [0.5, 0.6) is 0 Å². The van der Waals surface area contributed by atoms with E-state index in [1.54, 1.807) is 6.07 Å². The molecule has 2 nitrogen and oxygen atoms in total. The zero-order valence-electron chi connectivity index (χ0n) is 14.8. The molecule has 1 heterocycles. The predicted octanol–water partition coefficient (Wildman–Crippen LogP) is 5.38. The summed E-state index contributed by atoms with van der Waals surface area (Å²) in [6.45, 7) is 0. The second-order valence-corrected chi connectivity index (χ2v) is 6.71. The maximum atomic E-state index is 13.4. The highest BCUT2D eigenvalue weighted by atomic mass is 19.2. The van der Waals surface area contributed by atoms with Gasteiger partial charge in [0.05, 0.1) is 11.9 Å². The van der Waals surface area contributed by atoms with Gasteiger partial charge in [0.15, 0.2) is 11.6 Å². The summed E-state index contributed by atoms with van der Waals surface area (Å²) in [6, 6.07) is 24.6. The third kappa shape index (κ3) is 3.90. The summed E-state index contributed by atoms with van der Waals surface area (Å²) in [5.74, 6) is -0.732. The van der Waals surface area contributed by atoms with Crippen molar-refractivity contribution in [2.45, 2.75) is 24.9 Å². The molecule has 27 heavy (non-hydrogen) atoms. The molecule has 0 spiro atoms. The van der Waals surface area contributed by atoms with Gasteiger partial charge in [0.2, 0.25) is 0 Å². The number of hydrogen-bond acceptors (Lipinski definition) is 2. The lowest BCUT2D eigenvalue weighted by atomic mass is 9.95. The van der Waals surface area contributed by atoms with Crippen molar-refractivity contribution in [3.8, 4) is 0 Å². The highest BCUT2D eigenvalue weighted by Crippen LogP contribution is 2.36. The van der Waals surface area contributed by atoms with Crippen molar-refractivity contribution >= 4 is 5.84 Å². The number of rotatable bonds is 5. The van der Waals surface area contributed by atoms with Crippen LogP contribution in [-0.4, -0.2) is 5.84 Å². The third-order valence-electron chi connectivity index (χ3n) is 4.87. The van der Waals surface area contributed by atoms with Crippen molar-refractivity contribution in [2.24, 2.45) is 4.99 Å². The first-order chi connectivity index (χ1) is 13.2. The molecule has 0 aromatic heterocycles. The summed E-state index contributed by atoms with van der Waals surface area (Å²) in [6.07, 6.45) is 1.25. The Labute approximate surface area is 157 Å². The standard InChI is InChI=1S/C23H20F2N2/c24-19-13-11-16(15-20(19)25)12-14-21-26-22(17-7-3-1-4-8-17)23(27-21)18-9-5-2-6-10-18/h1-11,13,15,22-23H,12,14H2,(H,26,27)/t22-,23+. The summed E-state index contributed by atoms with van der Waals surface area (Å²) >= 11 is 0. The van der Waals surface area contributed by atoms with Crippen molar-refractivity contribution in [1.29, 1.82) is 0 Å². The Hall–Kier alpha value is -3.01. The lowest BCUT2D eigenvalue weighted by Crippen LogP contribution is -2.24. The molecule has 0 aliphatic carbocycles. The Morgan fingerprint density at radius 3 is 2.07 bits per heavy atom. The first-order valence-electron chi connectivity index (χ1n) is 9.08. The summed E-state index contributed by atoms with van der Waals surface area (Å²) in [5.41, 5.74) is 3.09. The summed E-state index contributed by atoms with van der Waals surface area (Å²) in [7, 11) is 0. The fourth-order valence-electron chi connectivity index (χ4n) is 3.48. The smallest absolute Gasteiger partial charge is 0.159 e. The SMILES string of the molecule is Fc1ccc(CCC2=N[C@@H](c3ccccc3)[C@@H](c3ccccc3)N2)cc1F. The number of aryl methyl sites for hydroxylation is 1. The molecule has 0 unspecified atom stereocenters. The zero-order chi connectivity index (χ0) is 18.6. The van der Waals surface area contributed by atoms with Crippen LogP contribution in [0.4, 0.5) is 8.78 Å². The number of halogens is 2. The number of nitrogens with one attached hydrogen (secondary N) is 1. The molecule has 3 aromatic rings. The molecule has 1 aliphatic heterocycles. The molecule has 1 N–H and O–H groups in total. The van der Waals surface area contributed by atoms with Crippen molar-refractivity contribution in [2.75, 3.05) is 0 Å². The predicted molar refractivity (Wildman–Crippen MR) is 104 cm³/mol. The molecule has 0 fully saturated rings. The van der Waals surface area contributed by atoms with E-state index in [1.165, 1.54) is 17.7 Å². The topological polar surface area (TPSA) is 24.4 Å². The second-order valence-electron chi connectivity index (χ2n) is 6.71. The van der Waals surface area contributed by atoms with E-state index >= 15 is 0 Å². The van der Waals surface area contributed by atoms with Crippen LogP contribution < -0.4 is 5.32 Å². The summed E-state index contributed by atoms with van der Waals surface area (Å²) < 4.78 is 26.5. The normalized spacial score (nSPS) is 18.8. The van der Waals surface area contributed by atoms with Gasteiger partial charge in [-0.3, -0.25) is 4.99 Å². The summed E-state index contributed by atoms with van der Waals surface area (Å²) in [5, 5.41) is 3.53. The van der Waals surface area contributed by atoms with E-state index < -0.39 is 11.6 Å². The molecule has 0 bridgehead atoms. The molecule has 2 atom stereocenters. The minimum atomic E-state index is -0.816. The first-order valence-corrected chi connectivity index (χ1v) is 9.08. The van der Waals surface area contributed by atoms with Gasteiger partial charge in [-0.25, -0.2) is 8.78 Å². The van der Waals surface area contributed by atoms with Gasteiger partial charge in [0, 0.05) is 6.42 Å². The Kier molecular flexibility index (Phi) is 4.97. The second kappa shape index (κ2) is 7.70. The molecule has 1 aliphatic rings. The van der Waals surface area contributed by atoms with Gasteiger partial charge < -0.3 is 5.32 Å². The lowest BCUT2D eigenvalue weighted by Gasteiger charge is -2.19. The Balaban J connectivity index is 1.55. The van der Waals surface area contributed by atoms with E-state index in [0.29, 0.717) is 12.8 Å². The maximum absolute atomic E-state index is 13.4. The van der Waals surface area contributed by atoms with Crippen LogP contribution in [0, 0.1) is 11.6 Å². The van der Waals surface area contributed by atoms with E-state index in [9.17, 15) is 8.78 Å². The average Bonchev–Trinajstić information content (AvgIpc) is 3.15. The van der Waals surface area contributed by atoms with E-state index in [1.807, 2.05) is 36.4 Å². The highest BCUT2D eigenvalue weighted by Gasteiger charge is 2.30. The molecule has 4 rings (SSSR count). The zero-order valence-corrected chi connectivity index (χ0v) is 14.8. The highest BCUT2D eigenvalue weighted by molar-refractivity contribution is 5.85. The van der Waals surface area contributed by atoms with E-state index in [2.05, 4.69) is 29.6 Å². The average molecular weight is 362 g/mol. The largest absolute Gasteiger partial charge is 0.364 e. The Bertz CT molecular complexity index is 939. The van der Waals surface area contributed by atoms with Crippen molar-refractivity contribution in [1.82, 2.24) is 5.32 Å².